The Morgan fingerprint density at radius 2 is 1.58 bits per heavy atom. The number of hydrogen-bond acceptors (Lipinski definition) is 5. The first-order chi connectivity index (χ1) is 18.3. The van der Waals surface area contributed by atoms with E-state index >= 15 is 0 Å². The summed E-state index contributed by atoms with van der Waals surface area (Å²) in [6, 6.07) is 28.6. The Labute approximate surface area is 231 Å². The number of hydrazone groups is 1. The molecule has 194 valence electrons. The van der Waals surface area contributed by atoms with Gasteiger partial charge in [-0.2, -0.15) is 5.10 Å². The molecule has 0 atom stereocenters. The van der Waals surface area contributed by atoms with Crippen molar-refractivity contribution in [2.24, 2.45) is 5.10 Å². The Balaban J connectivity index is 1.47. The third-order valence-corrected chi connectivity index (χ3v) is 7.61. The van der Waals surface area contributed by atoms with Crippen LogP contribution in [-0.2, 0) is 21.4 Å². The van der Waals surface area contributed by atoms with Crippen LogP contribution in [0.2, 0.25) is 10.0 Å². The fraction of sp³-hybridized carbons (Fsp3) is 0.0714. The maximum absolute atomic E-state index is 13.4. The lowest BCUT2D eigenvalue weighted by Gasteiger charge is -2.23. The van der Waals surface area contributed by atoms with Crippen molar-refractivity contribution in [1.82, 2.24) is 5.43 Å². The van der Waals surface area contributed by atoms with Crippen molar-refractivity contribution in [3.8, 4) is 5.75 Å². The number of para-hydroxylation sites is 1. The van der Waals surface area contributed by atoms with Crippen LogP contribution in [-0.4, -0.2) is 27.1 Å². The number of halogens is 2. The number of amides is 1. The van der Waals surface area contributed by atoms with Gasteiger partial charge in [-0.25, -0.2) is 13.8 Å². The molecule has 0 unspecified atom stereocenters. The van der Waals surface area contributed by atoms with E-state index < -0.39 is 22.5 Å². The lowest BCUT2D eigenvalue weighted by Crippen LogP contribution is -2.39. The molecule has 0 saturated heterocycles. The van der Waals surface area contributed by atoms with Crippen LogP contribution in [0.25, 0.3) is 0 Å². The van der Waals surface area contributed by atoms with Crippen molar-refractivity contribution < 1.29 is 17.9 Å². The van der Waals surface area contributed by atoms with Gasteiger partial charge in [0, 0.05) is 15.6 Å². The Morgan fingerprint density at radius 3 is 2.32 bits per heavy atom. The van der Waals surface area contributed by atoms with Gasteiger partial charge in [0.2, 0.25) is 0 Å². The van der Waals surface area contributed by atoms with E-state index in [9.17, 15) is 13.2 Å². The van der Waals surface area contributed by atoms with Gasteiger partial charge in [0.15, 0.2) is 0 Å². The van der Waals surface area contributed by atoms with Crippen LogP contribution in [0.4, 0.5) is 5.69 Å². The average Bonchev–Trinajstić information content (AvgIpc) is 2.92. The van der Waals surface area contributed by atoms with Gasteiger partial charge >= 0.3 is 0 Å². The highest BCUT2D eigenvalue weighted by molar-refractivity contribution is 7.92. The van der Waals surface area contributed by atoms with E-state index in [1.165, 1.54) is 24.4 Å². The molecule has 1 N–H and O–H groups in total. The molecule has 0 fully saturated rings. The molecule has 0 spiro atoms. The molecule has 4 aromatic carbocycles. The van der Waals surface area contributed by atoms with Crippen molar-refractivity contribution >= 4 is 51.0 Å². The zero-order valence-corrected chi connectivity index (χ0v) is 22.3. The number of benzene rings is 4. The minimum atomic E-state index is -4.05. The van der Waals surface area contributed by atoms with Crippen LogP contribution in [0.15, 0.2) is 113 Å². The molecule has 4 rings (SSSR count). The maximum Gasteiger partial charge on any atom is 0.264 e. The van der Waals surface area contributed by atoms with E-state index in [-0.39, 0.29) is 10.6 Å². The van der Waals surface area contributed by atoms with Gasteiger partial charge in [-0.1, -0.05) is 71.7 Å². The summed E-state index contributed by atoms with van der Waals surface area (Å²) in [6.07, 6.45) is 1.44. The first kappa shape index (κ1) is 27.2. The molecule has 10 heteroatoms. The number of hydrogen-bond donors (Lipinski definition) is 1. The Bertz CT molecular complexity index is 1530. The highest BCUT2D eigenvalue weighted by Crippen LogP contribution is 2.26. The third kappa shape index (κ3) is 7.13. The van der Waals surface area contributed by atoms with Crippen molar-refractivity contribution in [3.63, 3.8) is 0 Å². The first-order valence-electron chi connectivity index (χ1n) is 11.4. The number of carbonyl (C=O) groups excluding carboxylic acids is 1. The van der Waals surface area contributed by atoms with Crippen LogP contribution in [0.3, 0.4) is 0 Å². The fourth-order valence-corrected chi connectivity index (χ4v) is 5.21. The molecular weight excluding hydrogens is 545 g/mol. The minimum Gasteiger partial charge on any atom is -0.488 e. The van der Waals surface area contributed by atoms with Crippen molar-refractivity contribution in [2.45, 2.75) is 11.5 Å². The van der Waals surface area contributed by atoms with E-state index in [2.05, 4.69) is 10.5 Å². The number of nitrogens with one attached hydrogen (secondary N) is 1. The summed E-state index contributed by atoms with van der Waals surface area (Å²) >= 11 is 12.0. The summed E-state index contributed by atoms with van der Waals surface area (Å²) in [5.41, 5.74) is 4.22. The molecule has 4 aromatic rings. The maximum atomic E-state index is 13.4. The molecule has 0 aromatic heterocycles. The molecule has 0 heterocycles. The van der Waals surface area contributed by atoms with Crippen LogP contribution in [0, 0.1) is 0 Å². The van der Waals surface area contributed by atoms with Gasteiger partial charge in [-0.15, -0.1) is 0 Å². The zero-order chi connectivity index (χ0) is 27.0. The van der Waals surface area contributed by atoms with Crippen molar-refractivity contribution in [3.05, 3.63) is 124 Å². The monoisotopic (exact) mass is 567 g/mol. The number of rotatable bonds is 10. The largest absolute Gasteiger partial charge is 0.488 e. The predicted octanol–water partition coefficient (Wildman–Crippen LogP) is 5.92. The summed E-state index contributed by atoms with van der Waals surface area (Å²) in [5, 5.41) is 5.00. The molecule has 1 amide bonds. The molecule has 0 radical (unpaired) electrons. The third-order valence-electron chi connectivity index (χ3n) is 5.33. The number of anilines is 1. The highest BCUT2D eigenvalue weighted by Gasteiger charge is 2.27. The molecule has 0 aliphatic rings. The number of nitrogens with zero attached hydrogens (tertiary/aromatic N) is 2. The zero-order valence-electron chi connectivity index (χ0n) is 20.0. The van der Waals surface area contributed by atoms with Gasteiger partial charge in [0.25, 0.3) is 15.9 Å². The normalized spacial score (nSPS) is 11.3. The summed E-state index contributed by atoms with van der Waals surface area (Å²) in [4.78, 5) is 12.8. The average molecular weight is 568 g/mol. The van der Waals surface area contributed by atoms with Gasteiger partial charge < -0.3 is 4.74 Å². The van der Waals surface area contributed by atoms with E-state index in [0.29, 0.717) is 28.0 Å². The summed E-state index contributed by atoms with van der Waals surface area (Å²) in [7, 11) is -4.05. The molecule has 0 bridgehead atoms. The first-order valence-corrected chi connectivity index (χ1v) is 13.6. The number of carbonyl (C=O) groups is 1. The van der Waals surface area contributed by atoms with Crippen LogP contribution < -0.4 is 14.5 Å². The quantitative estimate of drug-likeness (QED) is 0.190. The highest BCUT2D eigenvalue weighted by atomic mass is 35.5. The Kier molecular flexibility index (Phi) is 9.02. The van der Waals surface area contributed by atoms with Crippen LogP contribution >= 0.6 is 23.2 Å². The van der Waals surface area contributed by atoms with Gasteiger partial charge in [-0.3, -0.25) is 9.10 Å². The lowest BCUT2D eigenvalue weighted by molar-refractivity contribution is -0.119. The van der Waals surface area contributed by atoms with E-state index in [4.69, 9.17) is 27.9 Å². The number of ether oxygens (including phenoxy) is 1. The van der Waals surface area contributed by atoms with Crippen LogP contribution in [0.1, 0.15) is 11.1 Å². The van der Waals surface area contributed by atoms with Gasteiger partial charge in [0.1, 0.15) is 18.9 Å². The SMILES string of the molecule is O=C(CN(c1cccc(Cl)c1)S(=O)(=O)c1ccccc1)N/N=C\c1ccccc1OCc1ccc(Cl)cc1. The van der Waals surface area contributed by atoms with Gasteiger partial charge in [-0.05, 0) is 60.2 Å². The molecule has 7 nitrogen and oxygen atoms in total. The van der Waals surface area contributed by atoms with Crippen LogP contribution in [0.5, 0.6) is 5.75 Å². The summed E-state index contributed by atoms with van der Waals surface area (Å²) < 4.78 is 33.6. The van der Waals surface area contributed by atoms with Crippen molar-refractivity contribution in [2.75, 3.05) is 10.8 Å². The molecular formula is C28H23Cl2N3O4S. The second-order valence-corrected chi connectivity index (χ2v) is 10.8. The fourth-order valence-electron chi connectivity index (χ4n) is 3.47. The topological polar surface area (TPSA) is 88.1 Å². The smallest absolute Gasteiger partial charge is 0.264 e. The Morgan fingerprint density at radius 1 is 0.868 bits per heavy atom. The second-order valence-electron chi connectivity index (χ2n) is 8.05. The second kappa shape index (κ2) is 12.6. The standard InChI is InChI=1S/C28H23Cl2N3O4S/c29-23-15-13-21(14-16-23)20-37-27-12-5-4-7-22(27)18-31-32-28(34)19-33(25-9-6-8-24(30)17-25)38(35,36)26-10-2-1-3-11-26/h1-18H,19-20H2,(H,32,34)/b31-18-. The summed E-state index contributed by atoms with van der Waals surface area (Å²) in [6.45, 7) is -0.191. The molecule has 38 heavy (non-hydrogen) atoms. The Hall–Kier alpha value is -3.85. The molecule has 0 saturated carbocycles. The predicted molar refractivity (Wildman–Crippen MR) is 150 cm³/mol. The van der Waals surface area contributed by atoms with E-state index in [0.717, 1.165) is 9.87 Å². The molecule has 0 aliphatic heterocycles. The lowest BCUT2D eigenvalue weighted by atomic mass is 10.2. The van der Waals surface area contributed by atoms with Crippen molar-refractivity contribution in [1.29, 1.82) is 0 Å². The van der Waals surface area contributed by atoms with E-state index in [1.807, 2.05) is 24.3 Å². The van der Waals surface area contributed by atoms with E-state index in [1.54, 1.807) is 60.7 Å². The minimum absolute atomic E-state index is 0.0445. The summed E-state index contributed by atoms with van der Waals surface area (Å²) in [5.74, 6) is -0.0760. The molecule has 0 aliphatic carbocycles. The number of sulfonamides is 1. The van der Waals surface area contributed by atoms with Gasteiger partial charge in [0.05, 0.1) is 16.8 Å².